The van der Waals surface area contributed by atoms with Crippen LogP contribution in [0.25, 0.3) is 10.9 Å². The molecule has 24 heavy (non-hydrogen) atoms. The number of fused-ring (bicyclic) bond motifs is 3. The number of carbonyl (C=O) groups excluding carboxylic acids is 1. The first kappa shape index (κ1) is 14.5. The molecule has 0 unspecified atom stereocenters. The highest BCUT2D eigenvalue weighted by Crippen LogP contribution is 2.24. The normalized spacial score (nSPS) is 13.8. The average Bonchev–Trinajstić information content (AvgIpc) is 3.25. The molecule has 9 heteroatoms. The Balaban J connectivity index is 1.85. The number of rotatable bonds is 2. The monoisotopic (exact) mass is 341 g/mol. The van der Waals surface area contributed by atoms with Crippen molar-refractivity contribution >= 4 is 39.0 Å². The first-order valence-corrected chi connectivity index (χ1v) is 8.07. The van der Waals surface area contributed by atoms with Gasteiger partial charge in [0.2, 0.25) is 5.62 Å². The van der Waals surface area contributed by atoms with E-state index in [0.29, 0.717) is 12.2 Å². The SMILES string of the molecule is O=C(N=c1nc2ccccc2c2n1CCN2)c1csc([N+](=O)[O-])c1. The van der Waals surface area contributed by atoms with Crippen LogP contribution in [-0.4, -0.2) is 26.9 Å². The number of nitrogens with one attached hydrogen (secondary N) is 1. The van der Waals surface area contributed by atoms with Crippen LogP contribution >= 0.6 is 11.3 Å². The van der Waals surface area contributed by atoms with Gasteiger partial charge in [-0.15, -0.1) is 0 Å². The van der Waals surface area contributed by atoms with Crippen molar-refractivity contribution in [2.75, 3.05) is 11.9 Å². The van der Waals surface area contributed by atoms with Crippen molar-refractivity contribution < 1.29 is 9.72 Å². The molecule has 0 spiro atoms. The van der Waals surface area contributed by atoms with E-state index in [9.17, 15) is 14.9 Å². The highest BCUT2D eigenvalue weighted by atomic mass is 32.1. The summed E-state index contributed by atoms with van der Waals surface area (Å²) >= 11 is 0.905. The molecular formula is C15H11N5O3S. The van der Waals surface area contributed by atoms with Gasteiger partial charge in [-0.25, -0.2) is 4.98 Å². The van der Waals surface area contributed by atoms with Gasteiger partial charge in [-0.2, -0.15) is 4.99 Å². The number of hydrogen-bond acceptors (Lipinski definition) is 6. The maximum absolute atomic E-state index is 12.3. The van der Waals surface area contributed by atoms with Crippen molar-refractivity contribution in [3.63, 3.8) is 0 Å². The minimum Gasteiger partial charge on any atom is -0.369 e. The van der Waals surface area contributed by atoms with E-state index >= 15 is 0 Å². The fourth-order valence-electron chi connectivity index (χ4n) is 2.65. The number of nitro groups is 1. The minimum atomic E-state index is -0.538. The lowest BCUT2D eigenvalue weighted by Crippen LogP contribution is -2.24. The lowest BCUT2D eigenvalue weighted by Gasteiger charge is -2.07. The van der Waals surface area contributed by atoms with E-state index < -0.39 is 10.8 Å². The van der Waals surface area contributed by atoms with Gasteiger partial charge in [0.1, 0.15) is 5.82 Å². The van der Waals surface area contributed by atoms with E-state index in [1.54, 1.807) is 0 Å². The molecule has 1 aliphatic rings. The molecule has 120 valence electrons. The molecule has 0 aliphatic carbocycles. The molecular weight excluding hydrogens is 330 g/mol. The Kier molecular flexibility index (Phi) is 3.35. The Labute approximate surface area is 139 Å². The van der Waals surface area contributed by atoms with Crippen LogP contribution < -0.4 is 10.9 Å². The lowest BCUT2D eigenvalue weighted by molar-refractivity contribution is -0.380. The number of para-hydroxylation sites is 1. The van der Waals surface area contributed by atoms with E-state index in [1.165, 1.54) is 11.4 Å². The zero-order valence-corrected chi connectivity index (χ0v) is 13.1. The van der Waals surface area contributed by atoms with Gasteiger partial charge in [0.25, 0.3) is 5.91 Å². The number of benzene rings is 1. The number of thiophene rings is 1. The number of hydrogen-bond donors (Lipinski definition) is 1. The molecule has 1 amide bonds. The second-order valence-corrected chi connectivity index (χ2v) is 6.09. The summed E-state index contributed by atoms with van der Waals surface area (Å²) in [7, 11) is 0. The molecule has 1 N–H and O–H groups in total. The second-order valence-electron chi connectivity index (χ2n) is 5.20. The molecule has 0 radical (unpaired) electrons. The molecule has 2 aromatic heterocycles. The highest BCUT2D eigenvalue weighted by molar-refractivity contribution is 7.13. The fraction of sp³-hybridized carbons (Fsp3) is 0.133. The Hall–Kier alpha value is -3.07. The molecule has 8 nitrogen and oxygen atoms in total. The summed E-state index contributed by atoms with van der Waals surface area (Å²) in [4.78, 5) is 31.1. The predicted octanol–water partition coefficient (Wildman–Crippen LogP) is 2.17. The summed E-state index contributed by atoms with van der Waals surface area (Å²) in [6.45, 7) is 1.39. The highest BCUT2D eigenvalue weighted by Gasteiger charge is 2.18. The van der Waals surface area contributed by atoms with Crippen molar-refractivity contribution in [2.24, 2.45) is 4.99 Å². The smallest absolute Gasteiger partial charge is 0.324 e. The molecule has 0 atom stereocenters. The van der Waals surface area contributed by atoms with Gasteiger partial charge in [0.15, 0.2) is 0 Å². The molecule has 3 aromatic rings. The van der Waals surface area contributed by atoms with Crippen molar-refractivity contribution in [1.29, 1.82) is 0 Å². The molecule has 3 heterocycles. The third-order valence-corrected chi connectivity index (χ3v) is 4.61. The molecule has 0 saturated carbocycles. The number of nitrogens with zero attached hydrogens (tertiary/aromatic N) is 4. The Morgan fingerprint density at radius 2 is 2.25 bits per heavy atom. The standard InChI is InChI=1S/C15H11N5O3S/c21-14(9-7-12(20(22)23)24-8-9)18-15-17-11-4-2-1-3-10(11)13-16-5-6-19(13)15/h1-4,7-8,16H,5-6H2. The van der Waals surface area contributed by atoms with Crippen LogP contribution in [0.15, 0.2) is 40.7 Å². The first-order valence-electron chi connectivity index (χ1n) is 7.19. The maximum Gasteiger partial charge on any atom is 0.324 e. The maximum atomic E-state index is 12.3. The Morgan fingerprint density at radius 1 is 1.42 bits per heavy atom. The quantitative estimate of drug-likeness (QED) is 0.568. The van der Waals surface area contributed by atoms with E-state index in [-0.39, 0.29) is 10.6 Å². The van der Waals surface area contributed by atoms with Crippen LogP contribution in [0, 0.1) is 10.1 Å². The van der Waals surface area contributed by atoms with Crippen molar-refractivity contribution in [1.82, 2.24) is 9.55 Å². The van der Waals surface area contributed by atoms with Gasteiger partial charge in [-0.3, -0.25) is 19.5 Å². The van der Waals surface area contributed by atoms with Gasteiger partial charge in [-0.05, 0) is 12.1 Å². The molecule has 1 aromatic carbocycles. The van der Waals surface area contributed by atoms with Gasteiger partial charge < -0.3 is 5.32 Å². The van der Waals surface area contributed by atoms with Crippen molar-refractivity contribution in [2.45, 2.75) is 6.54 Å². The number of carbonyl (C=O) groups is 1. The van der Waals surface area contributed by atoms with E-state index in [1.807, 2.05) is 28.8 Å². The van der Waals surface area contributed by atoms with Gasteiger partial charge >= 0.3 is 5.00 Å². The molecule has 0 saturated heterocycles. The molecule has 0 fully saturated rings. The molecule has 1 aliphatic heterocycles. The zero-order valence-electron chi connectivity index (χ0n) is 12.3. The molecule has 4 rings (SSSR count). The van der Waals surface area contributed by atoms with Gasteiger partial charge in [0.05, 0.1) is 16.0 Å². The third-order valence-electron chi connectivity index (χ3n) is 3.73. The number of anilines is 1. The summed E-state index contributed by atoms with van der Waals surface area (Å²) < 4.78 is 1.85. The minimum absolute atomic E-state index is 0.0837. The Bertz CT molecular complexity index is 1050. The van der Waals surface area contributed by atoms with E-state index in [4.69, 9.17) is 0 Å². The number of aromatic nitrogens is 2. The summed E-state index contributed by atoms with van der Waals surface area (Å²) in [5, 5.41) is 16.3. The predicted molar refractivity (Wildman–Crippen MR) is 89.1 cm³/mol. The van der Waals surface area contributed by atoms with E-state index in [2.05, 4.69) is 15.3 Å². The largest absolute Gasteiger partial charge is 0.369 e. The van der Waals surface area contributed by atoms with Crippen LogP contribution in [-0.2, 0) is 6.54 Å². The van der Waals surface area contributed by atoms with Crippen LogP contribution in [0.2, 0.25) is 0 Å². The summed E-state index contributed by atoms with van der Waals surface area (Å²) in [5.74, 6) is 0.340. The van der Waals surface area contributed by atoms with Crippen LogP contribution in [0.3, 0.4) is 0 Å². The fourth-order valence-corrected chi connectivity index (χ4v) is 3.34. The average molecular weight is 341 g/mol. The van der Waals surface area contributed by atoms with Crippen molar-refractivity contribution in [3.8, 4) is 0 Å². The summed E-state index contributed by atoms with van der Waals surface area (Å²) in [5.41, 5.74) is 1.23. The number of amides is 1. The lowest BCUT2D eigenvalue weighted by atomic mass is 10.2. The Morgan fingerprint density at radius 3 is 3.04 bits per heavy atom. The molecule has 0 bridgehead atoms. The summed E-state index contributed by atoms with van der Waals surface area (Å²) in [6.07, 6.45) is 0. The second kappa shape index (κ2) is 5.53. The van der Waals surface area contributed by atoms with Gasteiger partial charge in [-0.1, -0.05) is 23.5 Å². The van der Waals surface area contributed by atoms with Crippen LogP contribution in [0.5, 0.6) is 0 Å². The van der Waals surface area contributed by atoms with Gasteiger partial charge in [0, 0.05) is 29.9 Å². The topological polar surface area (TPSA) is 102 Å². The van der Waals surface area contributed by atoms with Crippen LogP contribution in [0.1, 0.15) is 10.4 Å². The van der Waals surface area contributed by atoms with Crippen LogP contribution in [0.4, 0.5) is 10.8 Å². The summed E-state index contributed by atoms with van der Waals surface area (Å²) in [6, 6.07) is 8.85. The van der Waals surface area contributed by atoms with Crippen molar-refractivity contribution in [3.05, 3.63) is 57.0 Å². The third kappa shape index (κ3) is 2.35. The zero-order chi connectivity index (χ0) is 16.7. The van der Waals surface area contributed by atoms with E-state index in [0.717, 1.165) is 34.6 Å². The first-order chi connectivity index (χ1) is 11.6.